The molecule has 0 unspecified atom stereocenters. The molecule has 148 valence electrons. The standard InChI is InChI=1S/C17H23N3O5S2/c1-3-4-5-8-27(23,24)11-16(22)20-17-19-14(10-26-17)15-7-6-13(25-15)9-18-12(2)21/h6-7,10H,3-5,8-9,11H2,1-2H3,(H,18,21)(H,19,20,22). The summed E-state index contributed by atoms with van der Waals surface area (Å²) >= 11 is 1.18. The van der Waals surface area contributed by atoms with Gasteiger partial charge in [-0.2, -0.15) is 0 Å². The minimum Gasteiger partial charge on any atom is -0.458 e. The van der Waals surface area contributed by atoms with Crippen molar-refractivity contribution in [1.82, 2.24) is 10.3 Å². The van der Waals surface area contributed by atoms with Crippen molar-refractivity contribution in [2.75, 3.05) is 16.8 Å². The molecule has 2 heterocycles. The third-order valence-electron chi connectivity index (χ3n) is 3.59. The van der Waals surface area contributed by atoms with Crippen LogP contribution in [0.3, 0.4) is 0 Å². The number of furan rings is 1. The summed E-state index contributed by atoms with van der Waals surface area (Å²) in [5, 5.41) is 7.15. The Balaban J connectivity index is 1.92. The van der Waals surface area contributed by atoms with Crippen LogP contribution in [-0.2, 0) is 26.0 Å². The van der Waals surface area contributed by atoms with E-state index in [0.717, 1.165) is 12.8 Å². The van der Waals surface area contributed by atoms with Crippen molar-refractivity contribution in [2.24, 2.45) is 0 Å². The van der Waals surface area contributed by atoms with Crippen LogP contribution in [0.5, 0.6) is 0 Å². The molecule has 0 radical (unpaired) electrons. The van der Waals surface area contributed by atoms with E-state index in [1.807, 2.05) is 6.92 Å². The second-order valence-electron chi connectivity index (χ2n) is 6.06. The summed E-state index contributed by atoms with van der Waals surface area (Å²) in [6.07, 6.45) is 2.31. The summed E-state index contributed by atoms with van der Waals surface area (Å²) in [5.41, 5.74) is 0.523. The minimum atomic E-state index is -3.42. The van der Waals surface area contributed by atoms with Crippen molar-refractivity contribution in [2.45, 2.75) is 39.7 Å². The molecule has 2 rings (SSSR count). The van der Waals surface area contributed by atoms with Gasteiger partial charge in [0.15, 0.2) is 20.7 Å². The van der Waals surface area contributed by atoms with Crippen LogP contribution in [0, 0.1) is 0 Å². The van der Waals surface area contributed by atoms with E-state index in [4.69, 9.17) is 4.42 Å². The predicted octanol–water partition coefficient (Wildman–Crippen LogP) is 2.58. The van der Waals surface area contributed by atoms with E-state index in [1.54, 1.807) is 17.5 Å². The predicted molar refractivity (Wildman–Crippen MR) is 104 cm³/mol. The Morgan fingerprint density at radius 2 is 2.04 bits per heavy atom. The fraction of sp³-hybridized carbons (Fsp3) is 0.471. The van der Waals surface area contributed by atoms with Gasteiger partial charge < -0.3 is 15.1 Å². The molecule has 2 amide bonds. The number of unbranched alkanes of at least 4 members (excludes halogenated alkanes) is 2. The number of nitrogens with one attached hydrogen (secondary N) is 2. The summed E-state index contributed by atoms with van der Waals surface area (Å²) in [6, 6.07) is 3.45. The zero-order chi connectivity index (χ0) is 19.9. The fourth-order valence-corrected chi connectivity index (χ4v) is 4.24. The maximum atomic E-state index is 12.0. The van der Waals surface area contributed by atoms with E-state index in [1.165, 1.54) is 18.3 Å². The van der Waals surface area contributed by atoms with Gasteiger partial charge in [0.1, 0.15) is 17.2 Å². The highest BCUT2D eigenvalue weighted by molar-refractivity contribution is 7.92. The van der Waals surface area contributed by atoms with Crippen LogP contribution >= 0.6 is 11.3 Å². The van der Waals surface area contributed by atoms with Crippen molar-refractivity contribution >= 4 is 38.1 Å². The van der Waals surface area contributed by atoms with Crippen molar-refractivity contribution in [3.05, 3.63) is 23.3 Å². The number of hydrogen-bond acceptors (Lipinski definition) is 7. The molecule has 0 aliphatic rings. The van der Waals surface area contributed by atoms with Crippen LogP contribution < -0.4 is 10.6 Å². The van der Waals surface area contributed by atoms with Crippen LogP contribution in [0.25, 0.3) is 11.5 Å². The van der Waals surface area contributed by atoms with E-state index in [2.05, 4.69) is 15.6 Å². The van der Waals surface area contributed by atoms with Crippen molar-refractivity contribution < 1.29 is 22.4 Å². The molecule has 2 N–H and O–H groups in total. The van der Waals surface area contributed by atoms with E-state index in [0.29, 0.717) is 28.8 Å². The van der Waals surface area contributed by atoms with Crippen molar-refractivity contribution in [3.63, 3.8) is 0 Å². The quantitative estimate of drug-likeness (QED) is 0.578. The Labute approximate surface area is 162 Å². The lowest BCUT2D eigenvalue weighted by atomic mass is 10.3. The molecule has 10 heteroatoms. The highest BCUT2D eigenvalue weighted by Crippen LogP contribution is 2.26. The molecular formula is C17H23N3O5S2. The Morgan fingerprint density at radius 1 is 1.26 bits per heavy atom. The number of anilines is 1. The average molecular weight is 414 g/mol. The van der Waals surface area contributed by atoms with E-state index in [-0.39, 0.29) is 18.2 Å². The maximum Gasteiger partial charge on any atom is 0.241 e. The Hall–Kier alpha value is -2.20. The molecule has 0 bridgehead atoms. The number of sulfone groups is 1. The van der Waals surface area contributed by atoms with Gasteiger partial charge in [0.25, 0.3) is 0 Å². The van der Waals surface area contributed by atoms with Gasteiger partial charge in [-0.25, -0.2) is 13.4 Å². The number of rotatable bonds is 10. The van der Waals surface area contributed by atoms with Crippen LogP contribution in [0.15, 0.2) is 21.9 Å². The average Bonchev–Trinajstić information content (AvgIpc) is 3.21. The zero-order valence-electron chi connectivity index (χ0n) is 15.3. The molecule has 2 aromatic rings. The molecule has 8 nitrogen and oxygen atoms in total. The molecule has 2 aromatic heterocycles. The van der Waals surface area contributed by atoms with Crippen LogP contribution in [0.2, 0.25) is 0 Å². The van der Waals surface area contributed by atoms with Gasteiger partial charge >= 0.3 is 0 Å². The number of amides is 2. The first kappa shape index (κ1) is 21.1. The summed E-state index contributed by atoms with van der Waals surface area (Å²) in [4.78, 5) is 27.1. The molecule has 0 saturated carbocycles. The summed E-state index contributed by atoms with van der Waals surface area (Å²) < 4.78 is 29.4. The number of carbonyl (C=O) groups is 2. The van der Waals surface area contributed by atoms with E-state index >= 15 is 0 Å². The number of hydrogen-bond donors (Lipinski definition) is 2. The highest BCUT2D eigenvalue weighted by Gasteiger charge is 2.18. The molecule has 0 fully saturated rings. The first-order valence-corrected chi connectivity index (χ1v) is 11.3. The van der Waals surface area contributed by atoms with Gasteiger partial charge in [0, 0.05) is 12.3 Å². The maximum absolute atomic E-state index is 12.0. The number of nitrogens with zero attached hydrogens (tertiary/aromatic N) is 1. The molecule has 0 aromatic carbocycles. The topological polar surface area (TPSA) is 118 Å². The second kappa shape index (κ2) is 9.65. The largest absolute Gasteiger partial charge is 0.458 e. The van der Waals surface area contributed by atoms with Gasteiger partial charge in [0.2, 0.25) is 11.8 Å². The van der Waals surface area contributed by atoms with Gasteiger partial charge in [-0.1, -0.05) is 19.8 Å². The van der Waals surface area contributed by atoms with Crippen LogP contribution in [0.4, 0.5) is 5.13 Å². The number of thiazole rings is 1. The molecule has 0 atom stereocenters. The lowest BCUT2D eigenvalue weighted by Gasteiger charge is -2.03. The Kier molecular flexibility index (Phi) is 7.55. The second-order valence-corrected chi connectivity index (χ2v) is 9.10. The SMILES string of the molecule is CCCCCS(=O)(=O)CC(=O)Nc1nc(-c2ccc(CNC(C)=O)o2)cs1. The first-order chi connectivity index (χ1) is 12.8. The normalized spacial score (nSPS) is 11.3. The third kappa shape index (κ3) is 7.14. The van der Waals surface area contributed by atoms with Gasteiger partial charge in [-0.15, -0.1) is 11.3 Å². The monoisotopic (exact) mass is 413 g/mol. The Morgan fingerprint density at radius 3 is 2.74 bits per heavy atom. The lowest BCUT2D eigenvalue weighted by Crippen LogP contribution is -2.24. The minimum absolute atomic E-state index is 0.0147. The van der Waals surface area contributed by atoms with Crippen molar-refractivity contribution in [1.29, 1.82) is 0 Å². The summed E-state index contributed by atoms with van der Waals surface area (Å²) in [7, 11) is -3.42. The van der Waals surface area contributed by atoms with Crippen molar-refractivity contribution in [3.8, 4) is 11.5 Å². The smallest absolute Gasteiger partial charge is 0.241 e. The Bertz CT molecular complexity index is 886. The highest BCUT2D eigenvalue weighted by atomic mass is 32.2. The molecule has 27 heavy (non-hydrogen) atoms. The van der Waals surface area contributed by atoms with Crippen LogP contribution in [0.1, 0.15) is 38.9 Å². The van der Waals surface area contributed by atoms with Gasteiger partial charge in [-0.3, -0.25) is 9.59 Å². The lowest BCUT2D eigenvalue weighted by molar-refractivity contribution is -0.119. The summed E-state index contributed by atoms with van der Waals surface area (Å²) in [5.74, 6) is -0.209. The summed E-state index contributed by atoms with van der Waals surface area (Å²) in [6.45, 7) is 3.68. The number of aromatic nitrogens is 1. The van der Waals surface area contributed by atoms with Gasteiger partial charge in [0.05, 0.1) is 12.3 Å². The molecular weight excluding hydrogens is 390 g/mol. The van der Waals surface area contributed by atoms with Crippen LogP contribution in [-0.4, -0.2) is 36.7 Å². The molecule has 0 saturated heterocycles. The van der Waals surface area contributed by atoms with E-state index in [9.17, 15) is 18.0 Å². The first-order valence-electron chi connectivity index (χ1n) is 8.58. The number of carbonyl (C=O) groups excluding carboxylic acids is 2. The molecule has 0 aliphatic heterocycles. The molecule has 0 spiro atoms. The fourth-order valence-electron chi connectivity index (χ4n) is 2.27. The van der Waals surface area contributed by atoms with Gasteiger partial charge in [-0.05, 0) is 18.6 Å². The zero-order valence-corrected chi connectivity index (χ0v) is 16.9. The van der Waals surface area contributed by atoms with E-state index < -0.39 is 21.5 Å². The third-order valence-corrected chi connectivity index (χ3v) is 5.96. The molecule has 0 aliphatic carbocycles.